The highest BCUT2D eigenvalue weighted by Crippen LogP contribution is 2.28. The van der Waals surface area contributed by atoms with Gasteiger partial charge >= 0.3 is 0 Å². The van der Waals surface area contributed by atoms with E-state index < -0.39 is 0 Å². The van der Waals surface area contributed by atoms with E-state index in [1.165, 1.54) is 0 Å². The monoisotopic (exact) mass is 275 g/mol. The van der Waals surface area contributed by atoms with Crippen LogP contribution >= 0.6 is 12.2 Å². The summed E-state index contributed by atoms with van der Waals surface area (Å²) in [6.07, 6.45) is 0.863. The smallest absolute Gasteiger partial charge is 0.127 e. The van der Waals surface area contributed by atoms with Gasteiger partial charge in [0.1, 0.15) is 10.7 Å². The quantitative estimate of drug-likeness (QED) is 0.650. The Labute approximate surface area is 118 Å². The Morgan fingerprint density at radius 2 is 1.84 bits per heavy atom. The molecule has 0 spiro atoms. The summed E-state index contributed by atoms with van der Waals surface area (Å²) >= 11 is 5.08. The van der Waals surface area contributed by atoms with E-state index in [4.69, 9.17) is 27.4 Å². The lowest BCUT2D eigenvalue weighted by atomic mass is 10.0. The van der Waals surface area contributed by atoms with Gasteiger partial charge in [-0.2, -0.15) is 0 Å². The van der Waals surface area contributed by atoms with Crippen LogP contribution < -0.4 is 10.5 Å². The van der Waals surface area contributed by atoms with Crippen LogP contribution in [0.2, 0.25) is 0 Å². The second kappa shape index (κ2) is 6.50. The Morgan fingerprint density at radius 3 is 2.53 bits per heavy atom. The maximum absolute atomic E-state index is 5.79. The van der Waals surface area contributed by atoms with Gasteiger partial charge in [-0.25, -0.2) is 0 Å². The fourth-order valence-electron chi connectivity index (χ4n) is 2.00. The summed E-state index contributed by atoms with van der Waals surface area (Å²) in [5.41, 5.74) is 6.63. The van der Waals surface area contributed by atoms with E-state index in [9.17, 15) is 0 Å². The highest BCUT2D eigenvalue weighted by Gasteiger charge is 2.08. The Morgan fingerprint density at radius 1 is 1.11 bits per heavy atom. The number of methoxy groups -OCH3 is 1. The molecule has 2 rings (SSSR count). The predicted octanol–water partition coefficient (Wildman–Crippen LogP) is 2.89. The molecule has 0 bridgehead atoms. The number of fused-ring (bicyclic) bond motifs is 1. The van der Waals surface area contributed by atoms with Gasteiger partial charge in [-0.05, 0) is 17.5 Å². The maximum atomic E-state index is 5.79. The highest BCUT2D eigenvalue weighted by atomic mass is 32.1. The van der Waals surface area contributed by atoms with Crippen molar-refractivity contribution in [3.8, 4) is 5.75 Å². The van der Waals surface area contributed by atoms with Crippen LogP contribution in [0.1, 0.15) is 12.0 Å². The van der Waals surface area contributed by atoms with E-state index >= 15 is 0 Å². The zero-order valence-corrected chi connectivity index (χ0v) is 11.7. The van der Waals surface area contributed by atoms with E-state index in [1.54, 1.807) is 7.11 Å². The number of nitrogens with two attached hydrogens (primary N) is 1. The molecule has 19 heavy (non-hydrogen) atoms. The third-order valence-electron chi connectivity index (χ3n) is 2.90. The molecule has 0 aromatic heterocycles. The number of rotatable bonds is 6. The molecule has 2 aromatic carbocycles. The molecule has 0 amide bonds. The van der Waals surface area contributed by atoms with Crippen molar-refractivity contribution in [2.45, 2.75) is 6.42 Å². The Balaban J connectivity index is 2.30. The summed E-state index contributed by atoms with van der Waals surface area (Å²) < 4.78 is 10.8. The first-order valence-corrected chi connectivity index (χ1v) is 6.58. The number of ether oxygens (including phenoxy) is 2. The average Bonchev–Trinajstić information content (AvgIpc) is 2.43. The van der Waals surface area contributed by atoms with Crippen molar-refractivity contribution in [2.75, 3.05) is 20.3 Å². The van der Waals surface area contributed by atoms with Crippen LogP contribution in [0.4, 0.5) is 0 Å². The molecule has 3 nitrogen and oxygen atoms in total. The van der Waals surface area contributed by atoms with Gasteiger partial charge in [0.05, 0.1) is 6.61 Å². The number of benzene rings is 2. The molecule has 4 heteroatoms. The van der Waals surface area contributed by atoms with E-state index in [-0.39, 0.29) is 0 Å². The standard InChI is InChI=1S/C15H17NO2S/c1-17-9-4-10-18-14-8-7-13(15(16)19)11-5-2-3-6-12(11)14/h2-3,5-8H,4,9-10H2,1H3,(H2,16,19). The third-order valence-corrected chi connectivity index (χ3v) is 3.12. The summed E-state index contributed by atoms with van der Waals surface area (Å²) in [5, 5.41) is 2.06. The molecule has 2 N–H and O–H groups in total. The molecule has 0 atom stereocenters. The van der Waals surface area contributed by atoms with Crippen molar-refractivity contribution < 1.29 is 9.47 Å². The van der Waals surface area contributed by atoms with Crippen molar-refractivity contribution in [1.82, 2.24) is 0 Å². The van der Waals surface area contributed by atoms with Gasteiger partial charge in [0.15, 0.2) is 0 Å². The first-order chi connectivity index (χ1) is 9.24. The molecule has 0 aliphatic carbocycles. The molecule has 0 saturated carbocycles. The second-order valence-corrected chi connectivity index (χ2v) is 4.66. The van der Waals surface area contributed by atoms with E-state index in [0.717, 1.165) is 28.5 Å². The van der Waals surface area contributed by atoms with E-state index in [0.29, 0.717) is 18.2 Å². The van der Waals surface area contributed by atoms with Gasteiger partial charge in [0.2, 0.25) is 0 Å². The minimum Gasteiger partial charge on any atom is -0.493 e. The van der Waals surface area contributed by atoms with Crippen molar-refractivity contribution in [1.29, 1.82) is 0 Å². The molecule has 0 saturated heterocycles. The minimum atomic E-state index is 0.405. The summed E-state index contributed by atoms with van der Waals surface area (Å²) in [6, 6.07) is 11.8. The lowest BCUT2D eigenvalue weighted by Gasteiger charge is -2.11. The Hall–Kier alpha value is -1.65. The summed E-state index contributed by atoms with van der Waals surface area (Å²) in [4.78, 5) is 0.405. The summed E-state index contributed by atoms with van der Waals surface area (Å²) in [6.45, 7) is 1.33. The van der Waals surface area contributed by atoms with Gasteiger partial charge in [-0.1, -0.05) is 36.5 Å². The van der Waals surface area contributed by atoms with E-state index in [2.05, 4.69) is 0 Å². The van der Waals surface area contributed by atoms with Gasteiger partial charge < -0.3 is 15.2 Å². The molecule has 0 unspecified atom stereocenters. The fraction of sp³-hybridized carbons (Fsp3) is 0.267. The highest BCUT2D eigenvalue weighted by molar-refractivity contribution is 7.80. The molecule has 0 fully saturated rings. The van der Waals surface area contributed by atoms with Gasteiger partial charge in [0.25, 0.3) is 0 Å². The number of thiocarbonyl (C=S) groups is 1. The van der Waals surface area contributed by atoms with Crippen LogP contribution in [0.25, 0.3) is 10.8 Å². The van der Waals surface area contributed by atoms with Crippen molar-refractivity contribution in [2.24, 2.45) is 5.73 Å². The van der Waals surface area contributed by atoms with Crippen LogP contribution in [-0.2, 0) is 4.74 Å². The first kappa shape index (κ1) is 13.8. The van der Waals surface area contributed by atoms with Crippen LogP contribution in [0.5, 0.6) is 5.75 Å². The van der Waals surface area contributed by atoms with Crippen molar-refractivity contribution >= 4 is 28.0 Å². The molecule has 2 aromatic rings. The first-order valence-electron chi connectivity index (χ1n) is 6.17. The predicted molar refractivity (Wildman–Crippen MR) is 81.8 cm³/mol. The Kier molecular flexibility index (Phi) is 4.71. The third kappa shape index (κ3) is 3.22. The number of hydrogen-bond acceptors (Lipinski definition) is 3. The van der Waals surface area contributed by atoms with Crippen LogP contribution in [0, 0.1) is 0 Å². The zero-order valence-electron chi connectivity index (χ0n) is 10.9. The van der Waals surface area contributed by atoms with Crippen LogP contribution in [-0.4, -0.2) is 25.3 Å². The van der Waals surface area contributed by atoms with Crippen molar-refractivity contribution in [3.05, 3.63) is 42.0 Å². The summed E-state index contributed by atoms with van der Waals surface area (Å²) in [5.74, 6) is 0.853. The normalized spacial score (nSPS) is 10.6. The molecule has 0 radical (unpaired) electrons. The minimum absolute atomic E-state index is 0.405. The molecule has 0 heterocycles. The van der Waals surface area contributed by atoms with Crippen LogP contribution in [0.3, 0.4) is 0 Å². The number of hydrogen-bond donors (Lipinski definition) is 1. The summed E-state index contributed by atoms with van der Waals surface area (Å²) in [7, 11) is 1.69. The second-order valence-electron chi connectivity index (χ2n) is 4.22. The maximum Gasteiger partial charge on any atom is 0.127 e. The molecule has 100 valence electrons. The SMILES string of the molecule is COCCCOc1ccc(C(N)=S)c2ccccc12. The lowest BCUT2D eigenvalue weighted by Crippen LogP contribution is -2.10. The molecular formula is C15H17NO2S. The van der Waals surface area contributed by atoms with Crippen LogP contribution in [0.15, 0.2) is 36.4 Å². The van der Waals surface area contributed by atoms with Gasteiger partial charge in [-0.15, -0.1) is 0 Å². The van der Waals surface area contributed by atoms with E-state index in [1.807, 2.05) is 36.4 Å². The molecule has 0 aliphatic rings. The largest absolute Gasteiger partial charge is 0.493 e. The lowest BCUT2D eigenvalue weighted by molar-refractivity contribution is 0.172. The molecular weight excluding hydrogens is 258 g/mol. The fourth-order valence-corrected chi connectivity index (χ4v) is 2.18. The van der Waals surface area contributed by atoms with Crippen molar-refractivity contribution in [3.63, 3.8) is 0 Å². The zero-order chi connectivity index (χ0) is 13.7. The average molecular weight is 275 g/mol. The van der Waals surface area contributed by atoms with Gasteiger partial charge in [-0.3, -0.25) is 0 Å². The topological polar surface area (TPSA) is 44.5 Å². The Bertz CT molecular complexity index is 583. The van der Waals surface area contributed by atoms with Gasteiger partial charge in [0, 0.05) is 31.1 Å². The molecule has 0 aliphatic heterocycles.